The van der Waals surface area contributed by atoms with Crippen molar-refractivity contribution in [2.45, 2.75) is 45.6 Å². The molecule has 3 aromatic rings. The van der Waals surface area contributed by atoms with Crippen molar-refractivity contribution in [3.63, 3.8) is 0 Å². The highest BCUT2D eigenvalue weighted by Gasteiger charge is 2.23. The van der Waals surface area contributed by atoms with Crippen molar-refractivity contribution >= 4 is 33.1 Å². The molecule has 214 valence electrons. The van der Waals surface area contributed by atoms with E-state index in [2.05, 4.69) is 30.6 Å². The average molecular weight is 569 g/mol. The number of methoxy groups -OCH3 is 1. The lowest BCUT2D eigenvalue weighted by molar-refractivity contribution is 0.102. The molecule has 1 atom stereocenters. The van der Waals surface area contributed by atoms with Crippen molar-refractivity contribution in [3.05, 3.63) is 59.4 Å². The number of carbonyl (C=O) groups excluding carboxylic acids is 1. The van der Waals surface area contributed by atoms with E-state index in [1.807, 2.05) is 27.7 Å². The van der Waals surface area contributed by atoms with Crippen LogP contribution in [0.15, 0.2) is 42.7 Å². The van der Waals surface area contributed by atoms with Crippen molar-refractivity contribution in [2.24, 2.45) is 0 Å². The molecule has 2 aromatic carbocycles. The van der Waals surface area contributed by atoms with Gasteiger partial charge in [0.05, 0.1) is 24.7 Å². The Kier molecular flexibility index (Phi) is 8.50. The van der Waals surface area contributed by atoms with Crippen LogP contribution in [0.25, 0.3) is 0 Å². The van der Waals surface area contributed by atoms with Crippen molar-refractivity contribution < 1.29 is 22.7 Å². The lowest BCUT2D eigenvalue weighted by atomic mass is 9.86. The second-order valence-electron chi connectivity index (χ2n) is 10.8. The van der Waals surface area contributed by atoms with E-state index in [1.54, 1.807) is 36.4 Å². The molecule has 12 heteroatoms. The molecule has 4 rings (SSSR count). The molecule has 0 aliphatic carbocycles. The predicted octanol–water partition coefficient (Wildman–Crippen LogP) is 4.28. The van der Waals surface area contributed by atoms with Crippen LogP contribution >= 0.6 is 0 Å². The maximum absolute atomic E-state index is 13.4. The minimum atomic E-state index is -3.60. The van der Waals surface area contributed by atoms with Gasteiger partial charge in [0, 0.05) is 24.2 Å². The predicted molar refractivity (Wildman–Crippen MR) is 156 cm³/mol. The summed E-state index contributed by atoms with van der Waals surface area (Å²) in [6.45, 7) is 9.68. The number of amides is 1. The van der Waals surface area contributed by atoms with Gasteiger partial charge in [-0.2, -0.15) is 0 Å². The topological polar surface area (TPSA) is 144 Å². The summed E-state index contributed by atoms with van der Waals surface area (Å²) in [5.41, 5.74) is 2.21. The first-order chi connectivity index (χ1) is 18.8. The molecule has 0 radical (unpaired) electrons. The zero-order chi connectivity index (χ0) is 29.1. The van der Waals surface area contributed by atoms with Gasteiger partial charge in [0.15, 0.2) is 5.75 Å². The summed E-state index contributed by atoms with van der Waals surface area (Å²) in [7, 11) is -2.18. The summed E-state index contributed by atoms with van der Waals surface area (Å²) in [4.78, 5) is 21.9. The molecule has 1 aromatic heterocycles. The molecule has 4 N–H and O–H groups in total. The van der Waals surface area contributed by atoms with Crippen LogP contribution in [0.2, 0.25) is 0 Å². The van der Waals surface area contributed by atoms with Crippen molar-refractivity contribution in [1.29, 1.82) is 0 Å². The van der Waals surface area contributed by atoms with Gasteiger partial charge in [0.1, 0.15) is 17.9 Å². The summed E-state index contributed by atoms with van der Waals surface area (Å²) in [6, 6.07) is 10.6. The number of ether oxygens (including phenoxy) is 2. The number of nitrogens with one attached hydrogen (secondary N) is 4. The Morgan fingerprint density at radius 3 is 2.50 bits per heavy atom. The Balaban J connectivity index is 1.60. The Morgan fingerprint density at radius 2 is 1.85 bits per heavy atom. The van der Waals surface area contributed by atoms with Crippen LogP contribution in [0.4, 0.5) is 17.2 Å². The van der Waals surface area contributed by atoms with Gasteiger partial charge in [-0.1, -0.05) is 26.8 Å². The minimum Gasteiger partial charge on any atom is -0.492 e. The third-order valence-electron chi connectivity index (χ3n) is 6.42. The third-order valence-corrected chi connectivity index (χ3v) is 7.01. The van der Waals surface area contributed by atoms with E-state index >= 15 is 0 Å². The highest BCUT2D eigenvalue weighted by Crippen LogP contribution is 2.39. The summed E-state index contributed by atoms with van der Waals surface area (Å²) < 4.78 is 38.1. The molecule has 0 spiro atoms. The van der Waals surface area contributed by atoms with Crippen LogP contribution in [0, 0.1) is 6.92 Å². The normalized spacial score (nSPS) is 15.4. The van der Waals surface area contributed by atoms with Crippen LogP contribution in [0.3, 0.4) is 0 Å². The smallest absolute Gasteiger partial charge is 0.255 e. The first-order valence-electron chi connectivity index (χ1n) is 12.9. The monoisotopic (exact) mass is 568 g/mol. The SMILES string of the molecule is COc1c(NC(=O)c2ccc(C)c(Oc3cc(NC4CCNC4)ncn3)c2)cc(C(C)(C)C)cc1NS(C)(=O)=O. The summed E-state index contributed by atoms with van der Waals surface area (Å²) in [5.74, 6) is 1.26. The number of rotatable bonds is 9. The lowest BCUT2D eigenvalue weighted by Crippen LogP contribution is -2.22. The number of nitrogens with zero attached hydrogens (tertiary/aromatic N) is 2. The molecule has 0 bridgehead atoms. The van der Waals surface area contributed by atoms with Gasteiger partial charge in [-0.05, 0) is 60.7 Å². The largest absolute Gasteiger partial charge is 0.492 e. The number of aryl methyl sites for hydroxylation is 1. The molecule has 1 amide bonds. The van der Waals surface area contributed by atoms with Crippen molar-refractivity contribution in [2.75, 3.05) is 41.8 Å². The van der Waals surface area contributed by atoms with Crippen LogP contribution in [0.1, 0.15) is 48.7 Å². The van der Waals surface area contributed by atoms with Gasteiger partial charge in [0.2, 0.25) is 15.9 Å². The number of anilines is 3. The number of benzene rings is 2. The highest BCUT2D eigenvalue weighted by atomic mass is 32.2. The van der Waals surface area contributed by atoms with E-state index in [0.29, 0.717) is 34.7 Å². The molecule has 1 fully saturated rings. The fourth-order valence-corrected chi connectivity index (χ4v) is 4.82. The average Bonchev–Trinajstić information content (AvgIpc) is 3.37. The van der Waals surface area contributed by atoms with Crippen LogP contribution in [0.5, 0.6) is 17.4 Å². The van der Waals surface area contributed by atoms with E-state index < -0.39 is 15.9 Å². The second kappa shape index (κ2) is 11.7. The fraction of sp³-hybridized carbons (Fsp3) is 0.393. The second-order valence-corrected chi connectivity index (χ2v) is 12.6. The van der Waals surface area contributed by atoms with E-state index in [1.165, 1.54) is 13.4 Å². The molecule has 1 saturated heterocycles. The highest BCUT2D eigenvalue weighted by molar-refractivity contribution is 7.92. The summed E-state index contributed by atoms with van der Waals surface area (Å²) in [6.07, 6.45) is 3.50. The van der Waals surface area contributed by atoms with Crippen LogP contribution in [-0.4, -0.2) is 56.8 Å². The number of sulfonamides is 1. The molecular weight excluding hydrogens is 532 g/mol. The maximum atomic E-state index is 13.4. The van der Waals surface area contributed by atoms with E-state index in [9.17, 15) is 13.2 Å². The molecule has 1 aliphatic heterocycles. The fourth-order valence-electron chi connectivity index (χ4n) is 4.27. The van der Waals surface area contributed by atoms with E-state index in [0.717, 1.165) is 36.9 Å². The molecule has 2 heterocycles. The van der Waals surface area contributed by atoms with E-state index in [-0.39, 0.29) is 16.9 Å². The van der Waals surface area contributed by atoms with Gasteiger partial charge in [-0.15, -0.1) is 0 Å². The zero-order valence-corrected chi connectivity index (χ0v) is 24.4. The van der Waals surface area contributed by atoms with Crippen molar-refractivity contribution in [1.82, 2.24) is 15.3 Å². The Morgan fingerprint density at radius 1 is 1.10 bits per heavy atom. The van der Waals surface area contributed by atoms with Crippen LogP contribution in [-0.2, 0) is 15.4 Å². The first-order valence-corrected chi connectivity index (χ1v) is 14.8. The Labute approximate surface area is 235 Å². The number of carbonyl (C=O) groups is 1. The Bertz CT molecular complexity index is 1500. The Hall–Kier alpha value is -3.90. The molecule has 40 heavy (non-hydrogen) atoms. The third kappa shape index (κ3) is 7.39. The van der Waals surface area contributed by atoms with Gasteiger partial charge in [-0.25, -0.2) is 18.4 Å². The molecule has 11 nitrogen and oxygen atoms in total. The van der Waals surface area contributed by atoms with E-state index in [4.69, 9.17) is 9.47 Å². The molecular formula is C28H36N6O5S. The quantitative estimate of drug-likeness (QED) is 0.297. The molecule has 0 saturated carbocycles. The van der Waals surface area contributed by atoms with Gasteiger partial charge in [0.25, 0.3) is 5.91 Å². The van der Waals surface area contributed by atoms with Crippen LogP contribution < -0.4 is 30.1 Å². The van der Waals surface area contributed by atoms with Gasteiger partial charge in [-0.3, -0.25) is 9.52 Å². The number of hydrogen-bond acceptors (Lipinski definition) is 9. The van der Waals surface area contributed by atoms with Gasteiger partial charge < -0.3 is 25.4 Å². The van der Waals surface area contributed by atoms with Crippen molar-refractivity contribution in [3.8, 4) is 17.4 Å². The minimum absolute atomic E-state index is 0.203. The lowest BCUT2D eigenvalue weighted by Gasteiger charge is -2.24. The molecule has 1 unspecified atom stereocenters. The molecule has 1 aliphatic rings. The number of hydrogen-bond donors (Lipinski definition) is 4. The summed E-state index contributed by atoms with van der Waals surface area (Å²) in [5, 5.41) is 9.56. The number of aromatic nitrogens is 2. The first kappa shape index (κ1) is 29.1. The van der Waals surface area contributed by atoms with Gasteiger partial charge >= 0.3 is 0 Å². The maximum Gasteiger partial charge on any atom is 0.255 e. The standard InChI is InChI=1S/C28H36N6O5S/c1-17-7-8-18(11-23(17)39-25-14-24(30-16-31-25)32-20-9-10-29-15-20)27(35)33-21-12-19(28(2,3)4)13-22(26(21)38-5)34-40(6,36)37/h7-8,11-14,16,20,29,34H,9-10,15H2,1-6H3,(H,33,35)(H,30,31,32). The summed E-state index contributed by atoms with van der Waals surface area (Å²) >= 11 is 0. The zero-order valence-electron chi connectivity index (χ0n) is 23.6.